The first kappa shape index (κ1) is 12.2. The van der Waals surface area contributed by atoms with Gasteiger partial charge in [-0.1, -0.05) is 12.2 Å². The summed E-state index contributed by atoms with van der Waals surface area (Å²) in [4.78, 5) is 2.08. The molecule has 1 aromatic carbocycles. The number of nitrogens with zero attached hydrogens (tertiary/aromatic N) is 1. The predicted octanol–water partition coefficient (Wildman–Crippen LogP) is 3.99. The van der Waals surface area contributed by atoms with Crippen molar-refractivity contribution in [2.45, 2.75) is 13.8 Å². The molecule has 0 radical (unpaired) electrons. The van der Waals surface area contributed by atoms with Crippen molar-refractivity contribution in [2.75, 3.05) is 18.0 Å². The lowest BCUT2D eigenvalue weighted by Crippen LogP contribution is -2.24. The number of halogens is 2. The standard InChI is InChI=1S/C12H15BrFN/c1-4-15(8-9(2)3)10-5-6-11(13)12(14)7-10/h5-7H,2,4,8H2,1,3H3. The first-order valence-electron chi connectivity index (χ1n) is 4.89. The molecule has 82 valence electrons. The van der Waals surface area contributed by atoms with Gasteiger partial charge in [0.25, 0.3) is 0 Å². The number of likely N-dealkylation sites (N-methyl/N-ethyl adjacent to an activating group) is 1. The van der Waals surface area contributed by atoms with Crippen molar-refractivity contribution >= 4 is 21.6 Å². The van der Waals surface area contributed by atoms with Crippen molar-refractivity contribution in [3.63, 3.8) is 0 Å². The minimum Gasteiger partial charge on any atom is -0.368 e. The molecule has 0 bridgehead atoms. The molecule has 1 nitrogen and oxygen atoms in total. The van der Waals surface area contributed by atoms with Gasteiger partial charge in [0.15, 0.2) is 0 Å². The highest BCUT2D eigenvalue weighted by molar-refractivity contribution is 9.10. The van der Waals surface area contributed by atoms with Crippen molar-refractivity contribution in [1.29, 1.82) is 0 Å². The molecule has 3 heteroatoms. The van der Waals surface area contributed by atoms with E-state index in [0.29, 0.717) is 4.47 Å². The van der Waals surface area contributed by atoms with E-state index < -0.39 is 0 Å². The third-order valence-corrected chi connectivity index (χ3v) is 2.75. The van der Waals surface area contributed by atoms with E-state index in [0.717, 1.165) is 24.4 Å². The summed E-state index contributed by atoms with van der Waals surface area (Å²) in [6.07, 6.45) is 0. The van der Waals surface area contributed by atoms with Gasteiger partial charge in [-0.05, 0) is 48.0 Å². The van der Waals surface area contributed by atoms with Crippen molar-refractivity contribution < 1.29 is 4.39 Å². The highest BCUT2D eigenvalue weighted by Crippen LogP contribution is 2.22. The lowest BCUT2D eigenvalue weighted by atomic mass is 10.2. The topological polar surface area (TPSA) is 3.24 Å². The Morgan fingerprint density at radius 1 is 1.53 bits per heavy atom. The molecule has 0 aliphatic carbocycles. The predicted molar refractivity (Wildman–Crippen MR) is 66.8 cm³/mol. The maximum atomic E-state index is 13.3. The van der Waals surface area contributed by atoms with Gasteiger partial charge in [0.05, 0.1) is 4.47 Å². The van der Waals surface area contributed by atoms with Crippen LogP contribution < -0.4 is 4.90 Å². The zero-order valence-corrected chi connectivity index (χ0v) is 10.6. The third-order valence-electron chi connectivity index (χ3n) is 2.11. The van der Waals surface area contributed by atoms with Crippen LogP contribution in [-0.2, 0) is 0 Å². The molecule has 0 atom stereocenters. The van der Waals surface area contributed by atoms with Gasteiger partial charge < -0.3 is 4.90 Å². The maximum Gasteiger partial charge on any atom is 0.139 e. The number of hydrogen-bond acceptors (Lipinski definition) is 1. The largest absolute Gasteiger partial charge is 0.368 e. The fourth-order valence-electron chi connectivity index (χ4n) is 1.39. The normalized spacial score (nSPS) is 10.1. The number of anilines is 1. The van der Waals surface area contributed by atoms with Crippen LogP contribution in [0.2, 0.25) is 0 Å². The van der Waals surface area contributed by atoms with Crippen LogP contribution in [0.4, 0.5) is 10.1 Å². The van der Waals surface area contributed by atoms with Crippen LogP contribution in [0.25, 0.3) is 0 Å². The summed E-state index contributed by atoms with van der Waals surface area (Å²) in [6, 6.07) is 5.17. The van der Waals surface area contributed by atoms with Crippen LogP contribution >= 0.6 is 15.9 Å². The molecule has 0 heterocycles. The molecule has 0 fully saturated rings. The van der Waals surface area contributed by atoms with Crippen molar-refractivity contribution in [3.8, 4) is 0 Å². The van der Waals surface area contributed by atoms with Crippen molar-refractivity contribution in [3.05, 3.63) is 40.6 Å². The summed E-state index contributed by atoms with van der Waals surface area (Å²) in [5.41, 5.74) is 1.96. The fourth-order valence-corrected chi connectivity index (χ4v) is 1.64. The van der Waals surface area contributed by atoms with Gasteiger partial charge in [-0.15, -0.1) is 0 Å². The molecular formula is C12H15BrFN. The van der Waals surface area contributed by atoms with E-state index in [9.17, 15) is 4.39 Å². The molecule has 0 aliphatic heterocycles. The summed E-state index contributed by atoms with van der Waals surface area (Å²) in [5, 5.41) is 0. The third kappa shape index (κ3) is 3.34. The molecule has 0 aromatic heterocycles. The van der Waals surface area contributed by atoms with Crippen LogP contribution in [0, 0.1) is 5.82 Å². The Balaban J connectivity index is 2.92. The first-order chi connectivity index (χ1) is 7.04. The average molecular weight is 272 g/mol. The molecule has 0 N–H and O–H groups in total. The van der Waals surface area contributed by atoms with Gasteiger partial charge in [0, 0.05) is 18.8 Å². The van der Waals surface area contributed by atoms with Crippen LogP contribution in [0.5, 0.6) is 0 Å². The van der Waals surface area contributed by atoms with Gasteiger partial charge in [0.2, 0.25) is 0 Å². The molecule has 0 aliphatic rings. The van der Waals surface area contributed by atoms with E-state index in [1.165, 1.54) is 6.07 Å². The smallest absolute Gasteiger partial charge is 0.139 e. The van der Waals surface area contributed by atoms with Gasteiger partial charge in [-0.2, -0.15) is 0 Å². The van der Waals surface area contributed by atoms with E-state index in [-0.39, 0.29) is 5.82 Å². The van der Waals surface area contributed by atoms with E-state index in [1.807, 2.05) is 19.9 Å². The molecule has 0 spiro atoms. The lowest BCUT2D eigenvalue weighted by molar-refractivity contribution is 0.620. The molecule has 15 heavy (non-hydrogen) atoms. The minimum atomic E-state index is -0.229. The maximum absolute atomic E-state index is 13.3. The first-order valence-corrected chi connectivity index (χ1v) is 5.68. The summed E-state index contributed by atoms with van der Waals surface area (Å²) in [6.45, 7) is 9.48. The minimum absolute atomic E-state index is 0.229. The Morgan fingerprint density at radius 3 is 2.67 bits per heavy atom. The molecule has 0 saturated heterocycles. The van der Waals surface area contributed by atoms with Crippen molar-refractivity contribution in [2.24, 2.45) is 0 Å². The second kappa shape index (κ2) is 5.31. The summed E-state index contributed by atoms with van der Waals surface area (Å²) < 4.78 is 13.8. The number of hydrogen-bond donors (Lipinski definition) is 0. The number of benzene rings is 1. The van der Waals surface area contributed by atoms with Crippen LogP contribution in [-0.4, -0.2) is 13.1 Å². The Labute approximate surface area is 98.7 Å². The Morgan fingerprint density at radius 2 is 2.20 bits per heavy atom. The number of rotatable bonds is 4. The van der Waals surface area contributed by atoms with Gasteiger partial charge in [-0.25, -0.2) is 4.39 Å². The van der Waals surface area contributed by atoms with E-state index in [2.05, 4.69) is 27.4 Å². The Hall–Kier alpha value is -0.830. The van der Waals surface area contributed by atoms with Crippen LogP contribution in [0.3, 0.4) is 0 Å². The summed E-state index contributed by atoms with van der Waals surface area (Å²) in [5.74, 6) is -0.229. The van der Waals surface area contributed by atoms with Crippen LogP contribution in [0.15, 0.2) is 34.8 Å². The summed E-state index contributed by atoms with van der Waals surface area (Å²) >= 11 is 3.14. The summed E-state index contributed by atoms with van der Waals surface area (Å²) in [7, 11) is 0. The molecule has 0 unspecified atom stereocenters. The second-order valence-electron chi connectivity index (χ2n) is 3.57. The molecule has 1 aromatic rings. The SMILES string of the molecule is C=C(C)CN(CC)c1ccc(Br)c(F)c1. The van der Waals surface area contributed by atoms with Crippen LogP contribution in [0.1, 0.15) is 13.8 Å². The highest BCUT2D eigenvalue weighted by Gasteiger charge is 2.07. The molecule has 0 amide bonds. The van der Waals surface area contributed by atoms with Crippen molar-refractivity contribution in [1.82, 2.24) is 0 Å². The van der Waals surface area contributed by atoms with E-state index >= 15 is 0 Å². The fraction of sp³-hybridized carbons (Fsp3) is 0.333. The highest BCUT2D eigenvalue weighted by atomic mass is 79.9. The quantitative estimate of drug-likeness (QED) is 0.749. The van der Waals surface area contributed by atoms with Gasteiger partial charge >= 0.3 is 0 Å². The second-order valence-corrected chi connectivity index (χ2v) is 4.42. The van der Waals surface area contributed by atoms with E-state index in [1.54, 1.807) is 6.07 Å². The zero-order valence-electron chi connectivity index (χ0n) is 9.06. The van der Waals surface area contributed by atoms with Gasteiger partial charge in [-0.3, -0.25) is 0 Å². The lowest BCUT2D eigenvalue weighted by Gasteiger charge is -2.23. The van der Waals surface area contributed by atoms with Gasteiger partial charge in [0.1, 0.15) is 5.82 Å². The van der Waals surface area contributed by atoms with E-state index in [4.69, 9.17) is 0 Å². The average Bonchev–Trinajstić information content (AvgIpc) is 2.18. The zero-order chi connectivity index (χ0) is 11.4. The molecular weight excluding hydrogens is 257 g/mol. The molecule has 0 saturated carbocycles. The Bertz CT molecular complexity index is 363. The Kier molecular flexibility index (Phi) is 4.33. The monoisotopic (exact) mass is 271 g/mol. The molecule has 1 rings (SSSR count).